The Morgan fingerprint density at radius 1 is 1.20 bits per heavy atom. The number of imide groups is 1. The number of carbonyl (C=O) groups excluding carboxylic acids is 2. The zero-order chi connectivity index (χ0) is 14.1. The van der Waals surface area contributed by atoms with Crippen LogP contribution in [0.15, 0.2) is 46.0 Å². The molecule has 1 aromatic carbocycles. The first kappa shape index (κ1) is 13.4. The summed E-state index contributed by atoms with van der Waals surface area (Å²) in [4.78, 5) is 25.9. The number of thioether (sulfide) groups is 1. The number of rotatable bonds is 2. The fourth-order valence-electron chi connectivity index (χ4n) is 1.81. The zero-order valence-electron chi connectivity index (χ0n) is 10.1. The number of benzene rings is 1. The van der Waals surface area contributed by atoms with Crippen molar-refractivity contribution < 1.29 is 9.59 Å². The molecule has 1 aliphatic rings. The lowest BCUT2D eigenvalue weighted by Gasteiger charge is -2.12. The molecule has 3 nitrogen and oxygen atoms in total. The van der Waals surface area contributed by atoms with Gasteiger partial charge < -0.3 is 0 Å². The Labute approximate surface area is 128 Å². The van der Waals surface area contributed by atoms with E-state index in [0.717, 1.165) is 22.2 Å². The molecule has 3 rings (SSSR count). The summed E-state index contributed by atoms with van der Waals surface area (Å²) in [5.41, 5.74) is 1.42. The summed E-state index contributed by atoms with van der Waals surface area (Å²) in [7, 11) is 0. The van der Waals surface area contributed by atoms with E-state index < -0.39 is 0 Å². The van der Waals surface area contributed by atoms with Crippen molar-refractivity contribution in [2.45, 2.75) is 0 Å². The predicted octanol–water partition coefficient (Wildman–Crippen LogP) is 4.64. The minimum Gasteiger partial charge on any atom is -0.268 e. The molecule has 0 unspecified atom stereocenters. The Balaban J connectivity index is 1.95. The second-order valence-corrected chi connectivity index (χ2v) is 6.26. The molecule has 1 aliphatic heterocycles. The van der Waals surface area contributed by atoms with Crippen molar-refractivity contribution in [3.63, 3.8) is 0 Å². The van der Waals surface area contributed by atoms with Crippen LogP contribution in [0.1, 0.15) is 5.56 Å². The van der Waals surface area contributed by atoms with Gasteiger partial charge in [0.15, 0.2) is 0 Å². The number of thiophene rings is 1. The molecule has 0 N–H and O–H groups in total. The van der Waals surface area contributed by atoms with Gasteiger partial charge in [0.25, 0.3) is 11.1 Å². The van der Waals surface area contributed by atoms with Gasteiger partial charge in [0.05, 0.1) is 10.6 Å². The Hall–Kier alpha value is -1.56. The standard InChI is InChI=1S/C14H8ClNO2S2/c15-10-2-1-3-11(7-10)16-13(17)12(20-14(16)18)6-9-4-5-19-8-9/h1-8H/b12-6+. The number of anilines is 1. The first-order valence-corrected chi connectivity index (χ1v) is 7.84. The first-order valence-electron chi connectivity index (χ1n) is 5.71. The third kappa shape index (κ3) is 2.52. The fourth-order valence-corrected chi connectivity index (χ4v) is 3.46. The lowest BCUT2D eigenvalue weighted by Crippen LogP contribution is -2.27. The molecule has 20 heavy (non-hydrogen) atoms. The van der Waals surface area contributed by atoms with Crippen LogP contribution in [0.25, 0.3) is 6.08 Å². The van der Waals surface area contributed by atoms with Gasteiger partial charge in [-0.3, -0.25) is 9.59 Å². The quantitative estimate of drug-likeness (QED) is 0.756. The maximum atomic E-state index is 12.3. The van der Waals surface area contributed by atoms with Crippen LogP contribution in [0.4, 0.5) is 10.5 Å². The van der Waals surface area contributed by atoms with E-state index in [1.165, 1.54) is 0 Å². The van der Waals surface area contributed by atoms with Crippen molar-refractivity contribution in [3.05, 3.63) is 56.6 Å². The first-order chi connectivity index (χ1) is 9.65. The molecular formula is C14H8ClNO2S2. The van der Waals surface area contributed by atoms with E-state index in [0.29, 0.717) is 15.6 Å². The lowest BCUT2D eigenvalue weighted by atomic mass is 10.2. The topological polar surface area (TPSA) is 37.4 Å². The molecule has 0 bridgehead atoms. The van der Waals surface area contributed by atoms with Crippen molar-refractivity contribution in [2.24, 2.45) is 0 Å². The van der Waals surface area contributed by atoms with Crippen molar-refractivity contribution in [2.75, 3.05) is 4.90 Å². The van der Waals surface area contributed by atoms with E-state index in [9.17, 15) is 9.59 Å². The van der Waals surface area contributed by atoms with Gasteiger partial charge in [-0.05, 0) is 58.4 Å². The van der Waals surface area contributed by atoms with Crippen LogP contribution >= 0.6 is 34.7 Å². The normalized spacial score (nSPS) is 17.2. The van der Waals surface area contributed by atoms with Crippen LogP contribution in [0.2, 0.25) is 5.02 Å². The van der Waals surface area contributed by atoms with Gasteiger partial charge in [-0.25, -0.2) is 4.90 Å². The van der Waals surface area contributed by atoms with Crippen molar-refractivity contribution in [3.8, 4) is 0 Å². The zero-order valence-corrected chi connectivity index (χ0v) is 12.5. The van der Waals surface area contributed by atoms with Gasteiger partial charge in [0.2, 0.25) is 0 Å². The third-order valence-electron chi connectivity index (χ3n) is 2.70. The van der Waals surface area contributed by atoms with Gasteiger partial charge in [-0.1, -0.05) is 17.7 Å². The Bertz CT molecular complexity index is 710. The highest BCUT2D eigenvalue weighted by Gasteiger charge is 2.36. The average Bonchev–Trinajstić information content (AvgIpc) is 2.99. The molecule has 6 heteroatoms. The number of amides is 2. The van der Waals surface area contributed by atoms with E-state index in [1.807, 2.05) is 16.8 Å². The van der Waals surface area contributed by atoms with E-state index in [1.54, 1.807) is 41.7 Å². The molecule has 0 aliphatic carbocycles. The van der Waals surface area contributed by atoms with Gasteiger partial charge in [0.1, 0.15) is 0 Å². The van der Waals surface area contributed by atoms with Gasteiger partial charge in [-0.15, -0.1) is 0 Å². The summed E-state index contributed by atoms with van der Waals surface area (Å²) in [6.07, 6.45) is 1.73. The summed E-state index contributed by atoms with van der Waals surface area (Å²) >= 11 is 8.38. The molecule has 0 radical (unpaired) electrons. The molecule has 1 fully saturated rings. The van der Waals surface area contributed by atoms with Crippen molar-refractivity contribution >= 4 is 57.6 Å². The van der Waals surface area contributed by atoms with Crippen LogP contribution in [0.5, 0.6) is 0 Å². The van der Waals surface area contributed by atoms with E-state index >= 15 is 0 Å². The highest BCUT2D eigenvalue weighted by atomic mass is 35.5. The Kier molecular flexibility index (Phi) is 3.65. The maximum Gasteiger partial charge on any atom is 0.298 e. The van der Waals surface area contributed by atoms with Crippen LogP contribution in [-0.2, 0) is 4.79 Å². The van der Waals surface area contributed by atoms with Gasteiger partial charge in [0, 0.05) is 5.02 Å². The van der Waals surface area contributed by atoms with Crippen molar-refractivity contribution in [1.82, 2.24) is 0 Å². The molecule has 0 atom stereocenters. The average molecular weight is 322 g/mol. The number of halogens is 1. The number of hydrogen-bond acceptors (Lipinski definition) is 4. The second kappa shape index (κ2) is 5.44. The number of nitrogens with zero attached hydrogens (tertiary/aromatic N) is 1. The van der Waals surface area contributed by atoms with E-state index in [-0.39, 0.29) is 11.1 Å². The van der Waals surface area contributed by atoms with Crippen LogP contribution in [-0.4, -0.2) is 11.1 Å². The summed E-state index contributed by atoms with van der Waals surface area (Å²) in [6, 6.07) is 8.61. The molecule has 0 saturated carbocycles. The second-order valence-electron chi connectivity index (χ2n) is 4.05. The summed E-state index contributed by atoms with van der Waals surface area (Å²) in [5, 5.41) is 4.03. The molecule has 2 amide bonds. The highest BCUT2D eigenvalue weighted by molar-refractivity contribution is 8.19. The minimum absolute atomic E-state index is 0.307. The lowest BCUT2D eigenvalue weighted by molar-refractivity contribution is -0.113. The third-order valence-corrected chi connectivity index (χ3v) is 4.51. The molecule has 1 aromatic heterocycles. The molecule has 2 heterocycles. The maximum absolute atomic E-state index is 12.3. The molecule has 2 aromatic rings. The summed E-state index contributed by atoms with van der Waals surface area (Å²) in [6.45, 7) is 0. The molecule has 1 saturated heterocycles. The van der Waals surface area contributed by atoms with E-state index in [4.69, 9.17) is 11.6 Å². The van der Waals surface area contributed by atoms with Crippen LogP contribution in [0, 0.1) is 0 Å². The van der Waals surface area contributed by atoms with Gasteiger partial charge >= 0.3 is 0 Å². The SMILES string of the molecule is O=C1S/C(=C/c2ccsc2)C(=O)N1c1cccc(Cl)c1. The Morgan fingerprint density at radius 3 is 2.75 bits per heavy atom. The molecule has 0 spiro atoms. The highest BCUT2D eigenvalue weighted by Crippen LogP contribution is 2.36. The Morgan fingerprint density at radius 2 is 2.05 bits per heavy atom. The van der Waals surface area contributed by atoms with E-state index in [2.05, 4.69) is 0 Å². The summed E-state index contributed by atoms with van der Waals surface area (Å²) in [5.74, 6) is -0.312. The molecule has 100 valence electrons. The van der Waals surface area contributed by atoms with Crippen molar-refractivity contribution in [1.29, 1.82) is 0 Å². The fraction of sp³-hybridized carbons (Fsp3) is 0. The largest absolute Gasteiger partial charge is 0.298 e. The van der Waals surface area contributed by atoms with Gasteiger partial charge in [-0.2, -0.15) is 11.3 Å². The monoisotopic (exact) mass is 321 g/mol. The minimum atomic E-state index is -0.312. The van der Waals surface area contributed by atoms with Crippen LogP contribution < -0.4 is 4.90 Å². The van der Waals surface area contributed by atoms with Crippen LogP contribution in [0.3, 0.4) is 0 Å². The number of hydrogen-bond donors (Lipinski definition) is 0. The summed E-state index contributed by atoms with van der Waals surface area (Å²) < 4.78 is 0. The smallest absolute Gasteiger partial charge is 0.268 e. The molecular weight excluding hydrogens is 314 g/mol. The number of carbonyl (C=O) groups is 2. The predicted molar refractivity (Wildman–Crippen MR) is 84.2 cm³/mol.